The van der Waals surface area contributed by atoms with E-state index >= 15 is 0 Å². The Kier molecular flexibility index (Phi) is 6.82. The van der Waals surface area contributed by atoms with Crippen LogP contribution in [-0.4, -0.2) is 73.5 Å². The molecule has 0 aliphatic carbocycles. The molecule has 144 valence electrons. The summed E-state index contributed by atoms with van der Waals surface area (Å²) in [5, 5.41) is 3.54. The maximum atomic E-state index is 6.11. The molecule has 0 saturated carbocycles. The van der Waals surface area contributed by atoms with Gasteiger partial charge in [-0.15, -0.1) is 24.0 Å². The fourth-order valence-electron chi connectivity index (χ4n) is 4.95. The van der Waals surface area contributed by atoms with Crippen molar-refractivity contribution in [2.75, 3.05) is 45.6 Å². The minimum Gasteiger partial charge on any atom is -0.381 e. The molecule has 0 aromatic carbocycles. The lowest BCUT2D eigenvalue weighted by Gasteiger charge is -2.35. The second-order valence-electron chi connectivity index (χ2n) is 7.69. The van der Waals surface area contributed by atoms with E-state index in [0.717, 1.165) is 70.0 Å². The molecule has 0 aromatic heterocycles. The van der Waals surface area contributed by atoms with E-state index < -0.39 is 0 Å². The third-order valence-electron chi connectivity index (χ3n) is 6.44. The Hall–Kier alpha value is 0.270. The third-order valence-corrected chi connectivity index (χ3v) is 7.84. The number of nitrogens with one attached hydrogen (secondary N) is 1. The van der Waals surface area contributed by atoms with Gasteiger partial charge in [0.25, 0.3) is 0 Å². The van der Waals surface area contributed by atoms with Gasteiger partial charge in [0.2, 0.25) is 0 Å². The van der Waals surface area contributed by atoms with Crippen LogP contribution in [0.2, 0.25) is 0 Å². The predicted molar refractivity (Wildman–Crippen MR) is 114 cm³/mol. The minimum atomic E-state index is 0. The number of hydrogen-bond acceptors (Lipinski definition) is 4. The van der Waals surface area contributed by atoms with Crippen molar-refractivity contribution in [1.82, 2.24) is 10.2 Å². The lowest BCUT2D eigenvalue weighted by molar-refractivity contribution is 0.0762. The Morgan fingerprint density at radius 1 is 1.20 bits per heavy atom. The quantitative estimate of drug-likeness (QED) is 0.380. The monoisotopic (exact) mass is 481 g/mol. The van der Waals surface area contributed by atoms with Gasteiger partial charge in [0.1, 0.15) is 0 Å². The van der Waals surface area contributed by atoms with Crippen LogP contribution in [0.3, 0.4) is 0 Å². The Morgan fingerprint density at radius 3 is 2.40 bits per heavy atom. The maximum absolute atomic E-state index is 6.11. The molecule has 0 spiro atoms. The summed E-state index contributed by atoms with van der Waals surface area (Å²) < 4.78 is 11.9. The zero-order valence-corrected chi connectivity index (χ0v) is 18.6. The largest absolute Gasteiger partial charge is 0.381 e. The topological polar surface area (TPSA) is 46.1 Å². The SMILES string of the molecule is CCNC(=NCC1(SC)CCOCC1)N1CC2C3CCC(O3)C2C1.I. The van der Waals surface area contributed by atoms with E-state index in [2.05, 4.69) is 23.4 Å². The Balaban J connectivity index is 0.00000182. The average Bonchev–Trinajstić information content (AvgIpc) is 3.32. The number of likely N-dealkylation sites (tertiary alicyclic amines) is 1. The maximum Gasteiger partial charge on any atom is 0.193 e. The summed E-state index contributed by atoms with van der Waals surface area (Å²) in [7, 11) is 0. The molecule has 4 saturated heterocycles. The van der Waals surface area contributed by atoms with Crippen molar-refractivity contribution in [2.24, 2.45) is 16.8 Å². The molecule has 4 rings (SSSR count). The van der Waals surface area contributed by atoms with Gasteiger partial charge in [-0.1, -0.05) is 0 Å². The first-order valence-corrected chi connectivity index (χ1v) is 10.8. The number of rotatable bonds is 4. The van der Waals surface area contributed by atoms with Crippen molar-refractivity contribution in [1.29, 1.82) is 0 Å². The van der Waals surface area contributed by atoms with Crippen LogP contribution in [0.5, 0.6) is 0 Å². The number of ether oxygens (including phenoxy) is 2. The number of hydrogen-bond donors (Lipinski definition) is 1. The van der Waals surface area contributed by atoms with Gasteiger partial charge in [0.15, 0.2) is 5.96 Å². The molecule has 1 N–H and O–H groups in total. The zero-order chi connectivity index (χ0) is 16.6. The van der Waals surface area contributed by atoms with E-state index in [0.29, 0.717) is 12.2 Å². The molecule has 0 amide bonds. The molecule has 2 bridgehead atoms. The van der Waals surface area contributed by atoms with Gasteiger partial charge in [0, 0.05) is 49.4 Å². The van der Waals surface area contributed by atoms with E-state index in [4.69, 9.17) is 14.5 Å². The fourth-order valence-corrected chi connectivity index (χ4v) is 5.72. The lowest BCUT2D eigenvalue weighted by Crippen LogP contribution is -2.43. The second kappa shape index (κ2) is 8.52. The summed E-state index contributed by atoms with van der Waals surface area (Å²) in [5.74, 6) is 2.57. The Labute approximate surface area is 173 Å². The van der Waals surface area contributed by atoms with Crippen LogP contribution in [0.15, 0.2) is 4.99 Å². The Morgan fingerprint density at radius 2 is 1.84 bits per heavy atom. The minimum absolute atomic E-state index is 0. The molecule has 4 aliphatic heterocycles. The third kappa shape index (κ3) is 3.94. The summed E-state index contributed by atoms with van der Waals surface area (Å²) >= 11 is 1.97. The van der Waals surface area contributed by atoms with Crippen LogP contribution < -0.4 is 5.32 Å². The summed E-state index contributed by atoms with van der Waals surface area (Å²) in [5.41, 5.74) is 0. The molecule has 25 heavy (non-hydrogen) atoms. The molecule has 4 unspecified atom stereocenters. The van der Waals surface area contributed by atoms with Crippen molar-refractivity contribution in [3.05, 3.63) is 0 Å². The van der Waals surface area contributed by atoms with Gasteiger partial charge in [0.05, 0.1) is 18.8 Å². The molecule has 4 aliphatic rings. The van der Waals surface area contributed by atoms with Gasteiger partial charge in [-0.05, 0) is 38.9 Å². The normalized spacial score (nSPS) is 36.2. The van der Waals surface area contributed by atoms with Crippen molar-refractivity contribution < 1.29 is 9.47 Å². The number of nitrogens with zero attached hydrogens (tertiary/aromatic N) is 2. The Bertz CT molecular complexity index is 469. The van der Waals surface area contributed by atoms with Crippen LogP contribution in [-0.2, 0) is 9.47 Å². The van der Waals surface area contributed by atoms with Crippen LogP contribution in [0.4, 0.5) is 0 Å². The highest BCUT2D eigenvalue weighted by Crippen LogP contribution is 2.47. The number of thioether (sulfide) groups is 1. The highest BCUT2D eigenvalue weighted by molar-refractivity contribution is 14.0. The molecule has 4 fully saturated rings. The summed E-state index contributed by atoms with van der Waals surface area (Å²) in [4.78, 5) is 7.57. The van der Waals surface area contributed by atoms with Crippen molar-refractivity contribution >= 4 is 41.7 Å². The summed E-state index contributed by atoms with van der Waals surface area (Å²) in [6.45, 7) is 7.99. The van der Waals surface area contributed by atoms with Gasteiger partial charge < -0.3 is 19.7 Å². The molecule has 4 atom stereocenters. The predicted octanol–water partition coefficient (Wildman–Crippen LogP) is 2.59. The van der Waals surface area contributed by atoms with E-state index in [1.54, 1.807) is 0 Å². The van der Waals surface area contributed by atoms with E-state index in [9.17, 15) is 0 Å². The molecular weight excluding hydrogens is 449 g/mol. The highest BCUT2D eigenvalue weighted by atomic mass is 127. The van der Waals surface area contributed by atoms with Crippen LogP contribution in [0.25, 0.3) is 0 Å². The first-order chi connectivity index (χ1) is 11.7. The first kappa shape index (κ1) is 20.0. The molecule has 0 aromatic rings. The highest BCUT2D eigenvalue weighted by Gasteiger charge is 2.53. The molecule has 7 heteroatoms. The standard InChI is InChI=1S/C18H31N3O2S.HI/c1-3-19-17(20-12-18(24-2)6-8-22-9-7-18)21-10-13-14(11-21)16-5-4-15(13)23-16;/h13-16H,3-12H2,1-2H3,(H,19,20);1H. The molecule has 4 heterocycles. The first-order valence-electron chi connectivity index (χ1n) is 9.56. The van der Waals surface area contributed by atoms with Gasteiger partial charge in [-0.25, -0.2) is 0 Å². The van der Waals surface area contributed by atoms with Gasteiger partial charge in [-0.3, -0.25) is 4.99 Å². The van der Waals surface area contributed by atoms with E-state index in [-0.39, 0.29) is 28.7 Å². The number of aliphatic imine (C=N–C) groups is 1. The fraction of sp³-hybridized carbons (Fsp3) is 0.944. The number of halogens is 1. The summed E-state index contributed by atoms with van der Waals surface area (Å²) in [6.07, 6.45) is 8.01. The zero-order valence-electron chi connectivity index (χ0n) is 15.4. The van der Waals surface area contributed by atoms with Gasteiger partial charge >= 0.3 is 0 Å². The molecule has 0 radical (unpaired) electrons. The van der Waals surface area contributed by atoms with Crippen molar-refractivity contribution in [3.8, 4) is 0 Å². The van der Waals surface area contributed by atoms with Crippen LogP contribution in [0.1, 0.15) is 32.6 Å². The lowest BCUT2D eigenvalue weighted by atomic mass is 9.82. The molecular formula is C18H32IN3O2S. The van der Waals surface area contributed by atoms with E-state index in [1.807, 2.05) is 11.8 Å². The molecule has 5 nitrogen and oxygen atoms in total. The number of fused-ring (bicyclic) bond motifs is 5. The smallest absolute Gasteiger partial charge is 0.193 e. The van der Waals surface area contributed by atoms with Crippen LogP contribution in [0, 0.1) is 11.8 Å². The van der Waals surface area contributed by atoms with Crippen LogP contribution >= 0.6 is 35.7 Å². The van der Waals surface area contributed by atoms with Crippen molar-refractivity contribution in [3.63, 3.8) is 0 Å². The second-order valence-corrected chi connectivity index (χ2v) is 8.97. The summed E-state index contributed by atoms with van der Waals surface area (Å²) in [6, 6.07) is 0. The van der Waals surface area contributed by atoms with Gasteiger partial charge in [-0.2, -0.15) is 11.8 Å². The van der Waals surface area contributed by atoms with E-state index in [1.165, 1.54) is 12.8 Å². The van der Waals surface area contributed by atoms with Crippen molar-refractivity contribution in [2.45, 2.75) is 49.6 Å². The number of guanidine groups is 1. The average molecular weight is 481 g/mol.